The minimum atomic E-state index is -0.967. The molecule has 5 heteroatoms. The Kier molecular flexibility index (Phi) is 8.27. The molecule has 0 amide bonds. The van der Waals surface area contributed by atoms with E-state index >= 15 is 0 Å². The molecule has 0 rings (SSSR count). The molecule has 0 aromatic heterocycles. The lowest BCUT2D eigenvalue weighted by atomic mass is 10.3. The molecular weight excluding hydrogens is 210 g/mol. The van der Waals surface area contributed by atoms with Gasteiger partial charge in [0.15, 0.2) is 0 Å². The van der Waals surface area contributed by atoms with Gasteiger partial charge in [-0.1, -0.05) is 13.3 Å². The second-order valence-electron chi connectivity index (χ2n) is 3.36. The molecule has 3 radical (unpaired) electrons. The van der Waals surface area contributed by atoms with Crippen LogP contribution in [0.1, 0.15) is 26.2 Å². The molecule has 1 atom stereocenters. The number of ether oxygens (including phenoxy) is 3. The first-order chi connectivity index (χ1) is 7.14. The monoisotopic (exact) mass is 232 g/mol. The van der Waals surface area contributed by atoms with E-state index < -0.39 is 5.97 Å². The summed E-state index contributed by atoms with van der Waals surface area (Å²) >= 11 is 0. The third-order valence-corrected chi connectivity index (χ3v) is 2.72. The van der Waals surface area contributed by atoms with Crippen LogP contribution < -0.4 is 5.32 Å². The summed E-state index contributed by atoms with van der Waals surface area (Å²) in [4.78, 5) is 0. The smallest absolute Gasteiger partial charge is 0.283 e. The molecule has 1 N–H and O–H groups in total. The van der Waals surface area contributed by atoms with E-state index in [2.05, 4.69) is 22.5 Å². The molecule has 0 aliphatic carbocycles. The van der Waals surface area contributed by atoms with Crippen LogP contribution >= 0.6 is 0 Å². The van der Waals surface area contributed by atoms with E-state index in [0.29, 0.717) is 6.42 Å². The Balaban J connectivity index is 3.94. The molecule has 15 heavy (non-hydrogen) atoms. The van der Waals surface area contributed by atoms with Crippen molar-refractivity contribution in [2.45, 2.75) is 37.8 Å². The van der Waals surface area contributed by atoms with Gasteiger partial charge in [0.1, 0.15) is 0 Å². The van der Waals surface area contributed by atoms with Crippen molar-refractivity contribution in [3.05, 3.63) is 0 Å². The molecule has 4 nitrogen and oxygen atoms in total. The van der Waals surface area contributed by atoms with Crippen LogP contribution in [0.15, 0.2) is 0 Å². The van der Waals surface area contributed by atoms with Gasteiger partial charge in [-0.15, -0.1) is 0 Å². The molecule has 0 aromatic carbocycles. The molecule has 0 bridgehead atoms. The zero-order valence-corrected chi connectivity index (χ0v) is 11.1. The fourth-order valence-electron chi connectivity index (χ4n) is 1.28. The second-order valence-corrected chi connectivity index (χ2v) is 4.06. The first-order valence-corrected chi connectivity index (χ1v) is 5.81. The number of hydrogen-bond acceptors (Lipinski definition) is 4. The zero-order chi connectivity index (χ0) is 11.7. The normalized spacial score (nSPS) is 14.2. The van der Waals surface area contributed by atoms with E-state index in [1.54, 1.807) is 21.3 Å². The largest absolute Gasteiger partial charge is 0.331 e. The first kappa shape index (κ1) is 15.1. The Morgan fingerprint density at radius 2 is 1.73 bits per heavy atom. The van der Waals surface area contributed by atoms with Gasteiger partial charge >= 0.3 is 0 Å². The number of hydrogen-bond donors (Lipinski definition) is 1. The van der Waals surface area contributed by atoms with Gasteiger partial charge in [0, 0.05) is 43.7 Å². The minimum absolute atomic E-state index is 0.108. The summed E-state index contributed by atoms with van der Waals surface area (Å²) in [5.41, 5.74) is 0.108. The molecule has 0 saturated carbocycles. The van der Waals surface area contributed by atoms with Crippen molar-refractivity contribution in [2.24, 2.45) is 0 Å². The standard InChI is InChI=1S/C10H22NO3Si/c1-5-6-7-11-9(15)8-10(12-2,13-3)14-4/h9,11H,5-8H2,1-4H3. The highest BCUT2D eigenvalue weighted by Gasteiger charge is 2.31. The highest BCUT2D eigenvalue weighted by atomic mass is 28.1. The van der Waals surface area contributed by atoms with Crippen LogP contribution in [0, 0.1) is 0 Å². The minimum Gasteiger partial charge on any atom is -0.331 e. The lowest BCUT2D eigenvalue weighted by Crippen LogP contribution is -2.44. The number of methoxy groups -OCH3 is 3. The highest BCUT2D eigenvalue weighted by molar-refractivity contribution is 6.11. The van der Waals surface area contributed by atoms with Crippen LogP contribution in [0.3, 0.4) is 0 Å². The number of unbranched alkanes of at least 4 members (excludes halogenated alkanes) is 1. The summed E-state index contributed by atoms with van der Waals surface area (Å²) in [6, 6.07) is 0. The van der Waals surface area contributed by atoms with E-state index in [1.807, 2.05) is 0 Å². The van der Waals surface area contributed by atoms with Crippen LogP contribution in [0.5, 0.6) is 0 Å². The molecule has 0 fully saturated rings. The number of rotatable bonds is 9. The van der Waals surface area contributed by atoms with Gasteiger partial charge in [-0.3, -0.25) is 0 Å². The Labute approximate surface area is 96.1 Å². The molecule has 0 aromatic rings. The summed E-state index contributed by atoms with van der Waals surface area (Å²) in [5.74, 6) is -0.967. The molecule has 0 aliphatic rings. The summed E-state index contributed by atoms with van der Waals surface area (Å²) in [7, 11) is 8.27. The predicted molar refractivity (Wildman–Crippen MR) is 60.8 cm³/mol. The van der Waals surface area contributed by atoms with Crippen molar-refractivity contribution in [2.75, 3.05) is 27.9 Å². The van der Waals surface area contributed by atoms with Gasteiger partial charge in [0.25, 0.3) is 5.97 Å². The maximum Gasteiger partial charge on any atom is 0.283 e. The van der Waals surface area contributed by atoms with Crippen LogP contribution in [0.4, 0.5) is 0 Å². The molecular formula is C10H22NO3Si. The topological polar surface area (TPSA) is 39.7 Å². The predicted octanol–water partition coefficient (Wildman–Crippen LogP) is 0.854. The van der Waals surface area contributed by atoms with Crippen molar-refractivity contribution in [3.63, 3.8) is 0 Å². The van der Waals surface area contributed by atoms with Crippen LogP contribution in [-0.4, -0.2) is 49.8 Å². The fourth-order valence-corrected chi connectivity index (χ4v) is 1.67. The summed E-state index contributed by atoms with van der Waals surface area (Å²) in [5, 5.41) is 3.32. The quantitative estimate of drug-likeness (QED) is 0.363. The lowest BCUT2D eigenvalue weighted by Gasteiger charge is -2.31. The zero-order valence-electron chi connectivity index (χ0n) is 10.1. The van der Waals surface area contributed by atoms with Crippen molar-refractivity contribution in [1.29, 1.82) is 0 Å². The van der Waals surface area contributed by atoms with E-state index in [4.69, 9.17) is 14.2 Å². The summed E-state index contributed by atoms with van der Waals surface area (Å²) in [6.07, 6.45) is 2.91. The first-order valence-electron chi connectivity index (χ1n) is 5.24. The van der Waals surface area contributed by atoms with Crippen molar-refractivity contribution in [3.8, 4) is 0 Å². The molecule has 1 unspecified atom stereocenters. The molecule has 0 saturated heterocycles. The Bertz CT molecular complexity index is 145. The van der Waals surface area contributed by atoms with Crippen molar-refractivity contribution >= 4 is 10.2 Å². The lowest BCUT2D eigenvalue weighted by molar-refractivity contribution is -0.355. The third kappa shape index (κ3) is 5.63. The van der Waals surface area contributed by atoms with E-state index in [-0.39, 0.29) is 5.67 Å². The van der Waals surface area contributed by atoms with E-state index in [9.17, 15) is 0 Å². The summed E-state index contributed by atoms with van der Waals surface area (Å²) < 4.78 is 15.6. The van der Waals surface area contributed by atoms with Gasteiger partial charge in [-0.2, -0.15) is 0 Å². The van der Waals surface area contributed by atoms with Gasteiger partial charge in [-0.25, -0.2) is 0 Å². The molecule has 0 aliphatic heterocycles. The van der Waals surface area contributed by atoms with Crippen LogP contribution in [0.25, 0.3) is 0 Å². The SMILES string of the molecule is CCCCNC([Si])CC(OC)(OC)OC. The average Bonchev–Trinajstić information content (AvgIpc) is 2.26. The molecule has 0 spiro atoms. The van der Waals surface area contributed by atoms with Crippen molar-refractivity contribution in [1.82, 2.24) is 5.32 Å². The Morgan fingerprint density at radius 1 is 1.20 bits per heavy atom. The molecule has 89 valence electrons. The Hall–Kier alpha value is 0.0569. The van der Waals surface area contributed by atoms with Crippen LogP contribution in [0.2, 0.25) is 0 Å². The van der Waals surface area contributed by atoms with Gasteiger partial charge < -0.3 is 19.5 Å². The van der Waals surface area contributed by atoms with Crippen molar-refractivity contribution < 1.29 is 14.2 Å². The highest BCUT2D eigenvalue weighted by Crippen LogP contribution is 2.18. The maximum absolute atomic E-state index is 5.20. The maximum atomic E-state index is 5.20. The second kappa shape index (κ2) is 8.24. The van der Waals surface area contributed by atoms with Crippen LogP contribution in [-0.2, 0) is 14.2 Å². The van der Waals surface area contributed by atoms with Gasteiger partial charge in [0.05, 0.1) is 0 Å². The van der Waals surface area contributed by atoms with Gasteiger partial charge in [0.2, 0.25) is 0 Å². The average molecular weight is 232 g/mol. The molecule has 0 heterocycles. The summed E-state index contributed by atoms with van der Waals surface area (Å²) in [6.45, 7) is 3.13. The van der Waals surface area contributed by atoms with E-state index in [0.717, 1.165) is 13.0 Å². The van der Waals surface area contributed by atoms with Gasteiger partial charge in [-0.05, 0) is 13.0 Å². The third-order valence-electron chi connectivity index (χ3n) is 2.31. The fraction of sp³-hybridized carbons (Fsp3) is 1.00. The Morgan fingerprint density at radius 3 is 2.13 bits per heavy atom. The number of nitrogens with one attached hydrogen (secondary N) is 1. The van der Waals surface area contributed by atoms with E-state index in [1.165, 1.54) is 6.42 Å².